The molecule has 21 heavy (non-hydrogen) atoms. The van der Waals surface area contributed by atoms with Gasteiger partial charge in [0.15, 0.2) is 0 Å². The van der Waals surface area contributed by atoms with Gasteiger partial charge in [0.05, 0.1) is 17.3 Å². The Morgan fingerprint density at radius 1 is 1.38 bits per heavy atom. The van der Waals surface area contributed by atoms with E-state index in [-0.39, 0.29) is 0 Å². The summed E-state index contributed by atoms with van der Waals surface area (Å²) in [4.78, 5) is 4.84. The molecular weight excluding hydrogens is 266 g/mol. The van der Waals surface area contributed by atoms with Gasteiger partial charge in [0, 0.05) is 24.9 Å². The fourth-order valence-electron chi connectivity index (χ4n) is 2.97. The van der Waals surface area contributed by atoms with Crippen LogP contribution in [-0.2, 0) is 0 Å². The number of H-pyrrole nitrogens is 2. The molecule has 3 aromatic rings. The Kier molecular flexibility index (Phi) is 2.85. The van der Waals surface area contributed by atoms with Gasteiger partial charge in [-0.05, 0) is 25.5 Å². The monoisotopic (exact) mass is 284 g/mol. The maximum Gasteiger partial charge on any atom is 0.296 e. The molecule has 5 N–H and O–H groups in total. The number of nitrogen functional groups attached to an aromatic ring is 1. The van der Waals surface area contributed by atoms with Crippen LogP contribution in [0.1, 0.15) is 24.5 Å². The van der Waals surface area contributed by atoms with Crippen molar-refractivity contribution < 1.29 is 4.52 Å². The van der Waals surface area contributed by atoms with Crippen molar-refractivity contribution in [2.24, 2.45) is 0 Å². The minimum Gasteiger partial charge on any atom is -0.317 e. The van der Waals surface area contributed by atoms with Crippen LogP contribution in [0.5, 0.6) is 0 Å². The Labute approximate surface area is 121 Å². The zero-order valence-corrected chi connectivity index (χ0v) is 11.6. The lowest BCUT2D eigenvalue weighted by Gasteiger charge is -2.20. The second kappa shape index (κ2) is 4.85. The van der Waals surface area contributed by atoms with E-state index >= 15 is 0 Å². The maximum absolute atomic E-state index is 6.18. The minimum absolute atomic E-state index is 0.426. The van der Waals surface area contributed by atoms with Crippen LogP contribution in [0, 0.1) is 0 Å². The van der Waals surface area contributed by atoms with Gasteiger partial charge in [-0.1, -0.05) is 0 Å². The van der Waals surface area contributed by atoms with Crippen LogP contribution in [0.3, 0.4) is 0 Å². The van der Waals surface area contributed by atoms with E-state index in [4.69, 9.17) is 10.7 Å². The Morgan fingerprint density at radius 2 is 2.33 bits per heavy atom. The molecule has 0 aromatic carbocycles. The number of rotatable bonds is 2. The third-order valence-corrected chi connectivity index (χ3v) is 4.09. The van der Waals surface area contributed by atoms with Crippen molar-refractivity contribution in [2.75, 3.05) is 18.8 Å². The number of nitrogens with zero attached hydrogens (tertiary/aromatic N) is 3. The van der Waals surface area contributed by atoms with Crippen molar-refractivity contribution in [3.05, 3.63) is 30.2 Å². The standard InChI is InChI=1S/C14H17N7/c15-13-6-12(9-2-1-4-16-7-9)19-14-10(8-18-21(13)14)11-3-5-17-20-11/h3,5-6,8-9,16H,1-2,4,7H2,(H3,15,17,18,19,20)/p+1. The van der Waals surface area contributed by atoms with Crippen molar-refractivity contribution in [3.63, 3.8) is 0 Å². The van der Waals surface area contributed by atoms with E-state index in [1.54, 1.807) is 10.7 Å². The first-order chi connectivity index (χ1) is 10.3. The normalized spacial score (nSPS) is 19.1. The van der Waals surface area contributed by atoms with Gasteiger partial charge >= 0.3 is 0 Å². The van der Waals surface area contributed by atoms with Crippen molar-refractivity contribution in [1.29, 1.82) is 0 Å². The van der Waals surface area contributed by atoms with E-state index in [0.29, 0.717) is 11.7 Å². The number of aromatic nitrogens is 5. The molecular formula is C14H18N7+. The molecule has 0 radical (unpaired) electrons. The molecule has 4 heterocycles. The van der Waals surface area contributed by atoms with E-state index in [0.717, 1.165) is 42.1 Å². The lowest BCUT2D eigenvalue weighted by atomic mass is 9.96. The summed E-state index contributed by atoms with van der Waals surface area (Å²) < 4.78 is 1.80. The largest absolute Gasteiger partial charge is 0.317 e. The van der Waals surface area contributed by atoms with Gasteiger partial charge in [-0.2, -0.15) is 5.10 Å². The predicted octanol–water partition coefficient (Wildman–Crippen LogP) is 0.588. The summed E-state index contributed by atoms with van der Waals surface area (Å²) in [7, 11) is 0. The third-order valence-electron chi connectivity index (χ3n) is 4.09. The number of hydrogen-bond acceptors (Lipinski definition) is 4. The van der Waals surface area contributed by atoms with E-state index in [9.17, 15) is 0 Å². The van der Waals surface area contributed by atoms with Gasteiger partial charge in [0.1, 0.15) is 5.69 Å². The van der Waals surface area contributed by atoms with Gasteiger partial charge in [0.2, 0.25) is 5.82 Å². The average Bonchev–Trinajstić information content (AvgIpc) is 3.16. The van der Waals surface area contributed by atoms with E-state index in [2.05, 4.69) is 20.6 Å². The molecule has 1 aliphatic rings. The van der Waals surface area contributed by atoms with E-state index in [1.165, 1.54) is 6.42 Å². The molecule has 1 saturated heterocycles. The number of aromatic amines is 2. The molecule has 0 aliphatic carbocycles. The van der Waals surface area contributed by atoms with Crippen LogP contribution in [0.15, 0.2) is 24.5 Å². The van der Waals surface area contributed by atoms with Crippen molar-refractivity contribution >= 4 is 11.5 Å². The molecule has 7 heteroatoms. The van der Waals surface area contributed by atoms with Gasteiger partial charge < -0.3 is 11.1 Å². The first kappa shape index (κ1) is 12.3. The first-order valence-corrected chi connectivity index (χ1v) is 7.23. The lowest BCUT2D eigenvalue weighted by molar-refractivity contribution is -0.563. The summed E-state index contributed by atoms with van der Waals surface area (Å²) in [5, 5.41) is 13.5. The van der Waals surface area contributed by atoms with Crippen LogP contribution < -0.4 is 15.6 Å². The van der Waals surface area contributed by atoms with Crippen LogP contribution >= 0.6 is 0 Å². The number of nitrogens with two attached hydrogens (primary N) is 1. The maximum atomic E-state index is 6.18. The zero-order valence-electron chi connectivity index (χ0n) is 11.6. The summed E-state index contributed by atoms with van der Waals surface area (Å²) in [5.41, 5.74) is 9.97. The molecule has 4 rings (SSSR count). The smallest absolute Gasteiger partial charge is 0.296 e. The van der Waals surface area contributed by atoms with Gasteiger partial charge in [-0.3, -0.25) is 10.2 Å². The summed E-state index contributed by atoms with van der Waals surface area (Å²) in [6, 6.07) is 3.90. The first-order valence-electron chi connectivity index (χ1n) is 7.23. The van der Waals surface area contributed by atoms with Gasteiger partial charge in [0.25, 0.3) is 5.65 Å². The van der Waals surface area contributed by atoms with Crippen LogP contribution in [0.4, 0.5) is 5.82 Å². The topological polar surface area (TPSA) is 99.5 Å². The fraction of sp³-hybridized carbons (Fsp3) is 0.357. The molecule has 7 nitrogen and oxygen atoms in total. The Morgan fingerprint density at radius 3 is 3.10 bits per heavy atom. The molecule has 1 aliphatic heterocycles. The SMILES string of the molecule is Nc1cc(C2CCCNC2)nc2c(-c3ccn[nH]3)c[nH][n+]12. The zero-order chi connectivity index (χ0) is 14.2. The quantitative estimate of drug-likeness (QED) is 0.517. The second-order valence-corrected chi connectivity index (χ2v) is 5.47. The van der Waals surface area contributed by atoms with Crippen LogP contribution in [-0.4, -0.2) is 33.4 Å². The number of hydrogen-bond donors (Lipinski definition) is 4. The van der Waals surface area contributed by atoms with Crippen molar-refractivity contribution in [1.82, 2.24) is 25.6 Å². The molecule has 1 unspecified atom stereocenters. The average molecular weight is 284 g/mol. The Balaban J connectivity index is 1.85. The number of nitrogens with one attached hydrogen (secondary N) is 3. The highest BCUT2D eigenvalue weighted by atomic mass is 15.3. The fourth-order valence-corrected chi connectivity index (χ4v) is 2.97. The highest BCUT2D eigenvalue weighted by Crippen LogP contribution is 2.25. The molecule has 0 spiro atoms. The number of fused-ring (bicyclic) bond motifs is 1. The van der Waals surface area contributed by atoms with E-state index in [1.807, 2.05) is 18.3 Å². The highest BCUT2D eigenvalue weighted by molar-refractivity contribution is 5.71. The molecule has 1 atom stereocenters. The molecule has 0 saturated carbocycles. The minimum atomic E-state index is 0.426. The van der Waals surface area contributed by atoms with E-state index < -0.39 is 0 Å². The number of anilines is 1. The van der Waals surface area contributed by atoms with Crippen molar-refractivity contribution in [2.45, 2.75) is 18.8 Å². The Bertz CT molecular complexity index is 753. The second-order valence-electron chi connectivity index (χ2n) is 5.47. The summed E-state index contributed by atoms with van der Waals surface area (Å²) in [6.45, 7) is 2.05. The summed E-state index contributed by atoms with van der Waals surface area (Å²) in [5.74, 6) is 1.10. The third kappa shape index (κ3) is 2.06. The molecule has 108 valence electrons. The van der Waals surface area contributed by atoms with Gasteiger partial charge in [-0.15, -0.1) is 9.50 Å². The lowest BCUT2D eigenvalue weighted by Crippen LogP contribution is -2.32. The number of piperidine rings is 1. The summed E-state index contributed by atoms with van der Waals surface area (Å²) >= 11 is 0. The van der Waals surface area contributed by atoms with Crippen LogP contribution in [0.25, 0.3) is 16.9 Å². The van der Waals surface area contributed by atoms with Crippen molar-refractivity contribution in [3.8, 4) is 11.3 Å². The summed E-state index contributed by atoms with van der Waals surface area (Å²) in [6.07, 6.45) is 5.96. The molecule has 0 bridgehead atoms. The highest BCUT2D eigenvalue weighted by Gasteiger charge is 2.24. The predicted molar refractivity (Wildman–Crippen MR) is 78.6 cm³/mol. The Hall–Kier alpha value is -2.41. The molecule has 1 fully saturated rings. The molecule has 0 amide bonds. The van der Waals surface area contributed by atoms with Crippen LogP contribution in [0.2, 0.25) is 0 Å². The van der Waals surface area contributed by atoms with Gasteiger partial charge in [-0.25, -0.2) is 0 Å². The molecule has 3 aromatic heterocycles.